The van der Waals surface area contributed by atoms with Crippen molar-refractivity contribution in [3.05, 3.63) is 27.7 Å². The Morgan fingerprint density at radius 2 is 1.93 bits per heavy atom. The maximum Gasteiger partial charge on any atom is 0.122 e. The van der Waals surface area contributed by atoms with Crippen LogP contribution in [0.1, 0.15) is 42.2 Å². The smallest absolute Gasteiger partial charge is 0.122 e. The molecule has 1 nitrogen and oxygen atoms in total. The molecule has 0 radical (unpaired) electrons. The van der Waals surface area contributed by atoms with Gasteiger partial charge in [0, 0.05) is 10.0 Å². The predicted octanol–water partition coefficient (Wildman–Crippen LogP) is 3.82. The predicted molar refractivity (Wildman–Crippen MR) is 60.0 cm³/mol. The van der Waals surface area contributed by atoms with E-state index in [-0.39, 0.29) is 0 Å². The molecule has 14 heavy (non-hydrogen) atoms. The molecule has 1 fully saturated rings. The zero-order valence-corrected chi connectivity index (χ0v) is 9.80. The van der Waals surface area contributed by atoms with Gasteiger partial charge in [-0.25, -0.2) is 0 Å². The molecule has 1 saturated carbocycles. The number of hydrogen-bond acceptors (Lipinski definition) is 1. The molecule has 2 aliphatic carbocycles. The Bertz CT molecular complexity index is 386. The molecule has 3 rings (SSSR count). The van der Waals surface area contributed by atoms with E-state index in [2.05, 4.69) is 28.1 Å². The molecule has 1 aromatic rings. The Labute approximate surface area is 92.6 Å². The van der Waals surface area contributed by atoms with Crippen LogP contribution in [0, 0.1) is 0 Å². The third-order valence-corrected chi connectivity index (χ3v) is 4.35. The minimum atomic E-state index is 0.766. The maximum absolute atomic E-state index is 5.44. The highest BCUT2D eigenvalue weighted by atomic mass is 79.9. The van der Waals surface area contributed by atoms with E-state index in [0.29, 0.717) is 0 Å². The van der Waals surface area contributed by atoms with Crippen LogP contribution in [-0.4, -0.2) is 7.11 Å². The van der Waals surface area contributed by atoms with Crippen molar-refractivity contribution in [3.8, 4) is 5.75 Å². The molecular weight excluding hydrogens is 240 g/mol. The van der Waals surface area contributed by atoms with Gasteiger partial charge in [-0.05, 0) is 48.8 Å². The topological polar surface area (TPSA) is 9.23 Å². The third-order valence-electron chi connectivity index (χ3n) is 3.66. The van der Waals surface area contributed by atoms with Crippen LogP contribution in [0.2, 0.25) is 0 Å². The normalized spacial score (nSPS) is 27.9. The third kappa shape index (κ3) is 1.01. The Hall–Kier alpha value is -0.500. The van der Waals surface area contributed by atoms with Gasteiger partial charge in [0.05, 0.1) is 7.11 Å². The van der Waals surface area contributed by atoms with E-state index >= 15 is 0 Å². The Morgan fingerprint density at radius 1 is 1.21 bits per heavy atom. The van der Waals surface area contributed by atoms with Gasteiger partial charge in [-0.2, -0.15) is 0 Å². The Morgan fingerprint density at radius 3 is 2.64 bits per heavy atom. The van der Waals surface area contributed by atoms with Crippen molar-refractivity contribution in [3.63, 3.8) is 0 Å². The SMILES string of the molecule is COc1ccc(Br)c2c1C1CCC2C1. The summed E-state index contributed by atoms with van der Waals surface area (Å²) in [5, 5.41) is 0. The highest BCUT2D eigenvalue weighted by molar-refractivity contribution is 9.10. The standard InChI is InChI=1S/C12H13BrO/c1-14-10-5-4-9(13)11-7-2-3-8(6-7)12(10)11/h4-5,7-8H,2-3,6H2,1H3. The number of rotatable bonds is 1. The van der Waals surface area contributed by atoms with Gasteiger partial charge < -0.3 is 4.74 Å². The summed E-state index contributed by atoms with van der Waals surface area (Å²) in [6, 6.07) is 4.21. The summed E-state index contributed by atoms with van der Waals surface area (Å²) in [6.07, 6.45) is 4.06. The summed E-state index contributed by atoms with van der Waals surface area (Å²) in [7, 11) is 1.77. The van der Waals surface area contributed by atoms with E-state index in [1.807, 2.05) is 0 Å². The number of benzene rings is 1. The lowest BCUT2D eigenvalue weighted by Crippen LogP contribution is -2.01. The summed E-state index contributed by atoms with van der Waals surface area (Å²) >= 11 is 3.66. The fourth-order valence-corrected chi connectivity index (χ4v) is 3.78. The van der Waals surface area contributed by atoms with E-state index in [1.54, 1.807) is 7.11 Å². The summed E-state index contributed by atoms with van der Waals surface area (Å²) in [4.78, 5) is 0. The lowest BCUT2D eigenvalue weighted by atomic mass is 9.91. The fraction of sp³-hybridized carbons (Fsp3) is 0.500. The molecule has 0 heterocycles. The Kier molecular flexibility index (Phi) is 1.88. The van der Waals surface area contributed by atoms with E-state index in [1.165, 1.54) is 34.9 Å². The number of ether oxygens (including phenoxy) is 1. The average molecular weight is 253 g/mol. The number of halogens is 1. The highest BCUT2D eigenvalue weighted by Crippen LogP contribution is 2.57. The first-order valence-electron chi connectivity index (χ1n) is 5.17. The molecule has 0 aliphatic heterocycles. The second-order valence-electron chi connectivity index (χ2n) is 4.28. The average Bonchev–Trinajstić information content (AvgIpc) is 2.79. The molecule has 2 aliphatic rings. The van der Waals surface area contributed by atoms with Gasteiger partial charge in [0.25, 0.3) is 0 Å². The lowest BCUT2D eigenvalue weighted by molar-refractivity contribution is 0.405. The van der Waals surface area contributed by atoms with Crippen molar-refractivity contribution in [1.82, 2.24) is 0 Å². The number of fused-ring (bicyclic) bond motifs is 5. The minimum absolute atomic E-state index is 0.766. The van der Waals surface area contributed by atoms with Gasteiger partial charge in [-0.3, -0.25) is 0 Å². The molecule has 2 atom stereocenters. The molecule has 0 saturated heterocycles. The molecule has 2 unspecified atom stereocenters. The van der Waals surface area contributed by atoms with Crippen LogP contribution in [0.25, 0.3) is 0 Å². The van der Waals surface area contributed by atoms with E-state index in [9.17, 15) is 0 Å². The zero-order valence-electron chi connectivity index (χ0n) is 8.22. The molecule has 2 heteroatoms. The van der Waals surface area contributed by atoms with Gasteiger partial charge in [-0.1, -0.05) is 15.9 Å². The van der Waals surface area contributed by atoms with Crippen molar-refractivity contribution in [2.24, 2.45) is 0 Å². The molecule has 74 valence electrons. The Balaban J connectivity index is 2.24. The summed E-state index contributed by atoms with van der Waals surface area (Å²) < 4.78 is 6.72. The second-order valence-corrected chi connectivity index (χ2v) is 5.14. The van der Waals surface area contributed by atoms with Crippen molar-refractivity contribution in [2.75, 3.05) is 7.11 Å². The summed E-state index contributed by atoms with van der Waals surface area (Å²) in [6.45, 7) is 0. The second kappa shape index (κ2) is 2.99. The molecule has 0 N–H and O–H groups in total. The van der Waals surface area contributed by atoms with Crippen LogP contribution >= 0.6 is 15.9 Å². The van der Waals surface area contributed by atoms with E-state index in [0.717, 1.165) is 17.6 Å². The molecule has 1 aromatic carbocycles. The highest BCUT2D eigenvalue weighted by Gasteiger charge is 2.40. The minimum Gasteiger partial charge on any atom is -0.496 e. The first-order valence-corrected chi connectivity index (χ1v) is 5.97. The number of hydrogen-bond donors (Lipinski definition) is 0. The van der Waals surface area contributed by atoms with Crippen LogP contribution in [0.15, 0.2) is 16.6 Å². The zero-order chi connectivity index (χ0) is 9.71. The van der Waals surface area contributed by atoms with E-state index < -0.39 is 0 Å². The molecule has 0 amide bonds. The van der Waals surface area contributed by atoms with Crippen LogP contribution in [0.3, 0.4) is 0 Å². The largest absolute Gasteiger partial charge is 0.496 e. The molecular formula is C12H13BrO. The van der Waals surface area contributed by atoms with Crippen molar-refractivity contribution in [2.45, 2.75) is 31.1 Å². The van der Waals surface area contributed by atoms with Gasteiger partial charge in [0.15, 0.2) is 0 Å². The fourth-order valence-electron chi connectivity index (χ4n) is 3.11. The summed E-state index contributed by atoms with van der Waals surface area (Å²) in [5.41, 5.74) is 3.01. The van der Waals surface area contributed by atoms with Gasteiger partial charge in [0.1, 0.15) is 5.75 Å². The van der Waals surface area contributed by atoms with Gasteiger partial charge in [-0.15, -0.1) is 0 Å². The quantitative estimate of drug-likeness (QED) is 0.739. The molecule has 2 bridgehead atoms. The van der Waals surface area contributed by atoms with Crippen LogP contribution in [0.4, 0.5) is 0 Å². The first kappa shape index (κ1) is 8.78. The van der Waals surface area contributed by atoms with Crippen molar-refractivity contribution >= 4 is 15.9 Å². The first-order chi connectivity index (χ1) is 6.81. The maximum atomic E-state index is 5.44. The number of methoxy groups -OCH3 is 1. The molecule has 0 aromatic heterocycles. The van der Waals surface area contributed by atoms with Gasteiger partial charge >= 0.3 is 0 Å². The van der Waals surface area contributed by atoms with E-state index in [4.69, 9.17) is 4.74 Å². The van der Waals surface area contributed by atoms with Crippen LogP contribution in [-0.2, 0) is 0 Å². The monoisotopic (exact) mass is 252 g/mol. The van der Waals surface area contributed by atoms with Crippen molar-refractivity contribution in [1.29, 1.82) is 0 Å². The van der Waals surface area contributed by atoms with Crippen molar-refractivity contribution < 1.29 is 4.74 Å². The lowest BCUT2D eigenvalue weighted by Gasteiger charge is -2.19. The van der Waals surface area contributed by atoms with Crippen LogP contribution in [0.5, 0.6) is 5.75 Å². The summed E-state index contributed by atoms with van der Waals surface area (Å²) in [5.74, 6) is 2.65. The molecule has 0 spiro atoms. The van der Waals surface area contributed by atoms with Crippen LogP contribution < -0.4 is 4.74 Å². The van der Waals surface area contributed by atoms with Gasteiger partial charge in [0.2, 0.25) is 0 Å².